The second-order valence-corrected chi connectivity index (χ2v) is 8.03. The highest BCUT2D eigenvalue weighted by Crippen LogP contribution is 2.21. The number of amides is 1. The highest BCUT2D eigenvalue weighted by Gasteiger charge is 2.17. The van der Waals surface area contributed by atoms with Crippen LogP contribution in [-0.2, 0) is 10.0 Å². The van der Waals surface area contributed by atoms with Crippen LogP contribution in [0.25, 0.3) is 0 Å². The smallest absolute Gasteiger partial charge is 0.261 e. The summed E-state index contributed by atoms with van der Waals surface area (Å²) in [4.78, 5) is 12.4. The minimum atomic E-state index is -3.82. The fourth-order valence-corrected chi connectivity index (χ4v) is 3.73. The van der Waals surface area contributed by atoms with E-state index < -0.39 is 15.9 Å². The summed E-state index contributed by atoms with van der Waals surface area (Å²) in [7, 11) is -3.82. The summed E-state index contributed by atoms with van der Waals surface area (Å²) in [6.07, 6.45) is 0. The minimum absolute atomic E-state index is 0.00880. The number of benzene rings is 3. The van der Waals surface area contributed by atoms with Crippen molar-refractivity contribution in [3.05, 3.63) is 88.9 Å². The van der Waals surface area contributed by atoms with Gasteiger partial charge in [0.05, 0.1) is 10.6 Å². The van der Waals surface area contributed by atoms with E-state index in [1.165, 1.54) is 18.2 Å². The van der Waals surface area contributed by atoms with E-state index in [9.17, 15) is 13.2 Å². The van der Waals surface area contributed by atoms with Gasteiger partial charge >= 0.3 is 0 Å². The first-order valence-corrected chi connectivity index (χ1v) is 9.97. The number of para-hydroxylation sites is 1. The van der Waals surface area contributed by atoms with E-state index >= 15 is 0 Å². The summed E-state index contributed by atoms with van der Waals surface area (Å²) in [6.45, 7) is 1.81. The van der Waals surface area contributed by atoms with E-state index in [1.807, 2.05) is 19.1 Å². The Hall–Kier alpha value is -2.83. The van der Waals surface area contributed by atoms with Crippen LogP contribution in [0.2, 0.25) is 5.02 Å². The number of anilines is 2. The average molecular weight is 401 g/mol. The van der Waals surface area contributed by atoms with Crippen molar-refractivity contribution < 1.29 is 13.2 Å². The molecule has 7 heteroatoms. The van der Waals surface area contributed by atoms with Crippen molar-refractivity contribution in [2.75, 3.05) is 10.0 Å². The maximum absolute atomic E-state index is 12.7. The summed E-state index contributed by atoms with van der Waals surface area (Å²) in [5.41, 5.74) is 2.10. The molecule has 138 valence electrons. The first-order valence-electron chi connectivity index (χ1n) is 8.10. The molecule has 27 heavy (non-hydrogen) atoms. The fourth-order valence-electron chi connectivity index (χ4n) is 2.43. The number of carbonyl (C=O) groups excluding carboxylic acids is 1. The van der Waals surface area contributed by atoms with Crippen molar-refractivity contribution >= 4 is 38.9 Å². The first-order chi connectivity index (χ1) is 12.8. The first kappa shape index (κ1) is 18.9. The number of hydrogen-bond donors (Lipinski definition) is 2. The number of hydrogen-bond acceptors (Lipinski definition) is 3. The van der Waals surface area contributed by atoms with Crippen molar-refractivity contribution in [2.24, 2.45) is 0 Å². The number of nitrogens with one attached hydrogen (secondary N) is 2. The third-order valence-electron chi connectivity index (χ3n) is 3.90. The second kappa shape index (κ2) is 7.82. The SMILES string of the molecule is Cc1ccccc1NS(=O)(=O)c1cccc(C(=O)Nc2ccc(Cl)cc2)c1. The zero-order chi connectivity index (χ0) is 19.4. The number of rotatable bonds is 5. The molecule has 0 aliphatic rings. The van der Waals surface area contributed by atoms with Gasteiger partial charge in [-0.2, -0.15) is 0 Å². The summed E-state index contributed by atoms with van der Waals surface area (Å²) in [6, 6.07) is 19.6. The molecule has 0 spiro atoms. The highest BCUT2D eigenvalue weighted by molar-refractivity contribution is 7.92. The molecule has 0 aliphatic heterocycles. The van der Waals surface area contributed by atoms with Gasteiger partial charge in [0.2, 0.25) is 0 Å². The van der Waals surface area contributed by atoms with E-state index in [0.717, 1.165) is 5.56 Å². The van der Waals surface area contributed by atoms with Crippen molar-refractivity contribution in [2.45, 2.75) is 11.8 Å². The van der Waals surface area contributed by atoms with Gasteiger partial charge in [-0.05, 0) is 61.0 Å². The van der Waals surface area contributed by atoms with Gasteiger partial charge in [-0.1, -0.05) is 35.9 Å². The lowest BCUT2D eigenvalue weighted by atomic mass is 10.2. The lowest BCUT2D eigenvalue weighted by molar-refractivity contribution is 0.102. The zero-order valence-corrected chi connectivity index (χ0v) is 16.0. The Morgan fingerprint density at radius 2 is 1.63 bits per heavy atom. The van der Waals surface area contributed by atoms with Crippen molar-refractivity contribution in [3.8, 4) is 0 Å². The van der Waals surface area contributed by atoms with Gasteiger partial charge in [-0.15, -0.1) is 0 Å². The van der Waals surface area contributed by atoms with Gasteiger partial charge in [-0.3, -0.25) is 9.52 Å². The van der Waals surface area contributed by atoms with Crippen molar-refractivity contribution in [1.82, 2.24) is 0 Å². The summed E-state index contributed by atoms with van der Waals surface area (Å²) < 4.78 is 27.9. The molecule has 0 aromatic heterocycles. The lowest BCUT2D eigenvalue weighted by Gasteiger charge is -2.11. The molecule has 0 aliphatic carbocycles. The van der Waals surface area contributed by atoms with E-state index in [1.54, 1.807) is 42.5 Å². The number of halogens is 1. The molecular weight excluding hydrogens is 384 g/mol. The Bertz CT molecular complexity index is 1080. The van der Waals surface area contributed by atoms with Crippen LogP contribution < -0.4 is 10.0 Å². The molecule has 3 rings (SSSR count). The van der Waals surface area contributed by atoms with Gasteiger partial charge in [0.1, 0.15) is 0 Å². The maximum atomic E-state index is 12.7. The summed E-state index contributed by atoms with van der Waals surface area (Å²) in [5, 5.41) is 3.27. The molecule has 0 atom stereocenters. The molecule has 0 bridgehead atoms. The van der Waals surface area contributed by atoms with Gasteiger partial charge in [0.25, 0.3) is 15.9 Å². The van der Waals surface area contributed by atoms with E-state index in [-0.39, 0.29) is 10.5 Å². The van der Waals surface area contributed by atoms with E-state index in [4.69, 9.17) is 11.6 Å². The number of sulfonamides is 1. The molecule has 0 saturated heterocycles. The second-order valence-electron chi connectivity index (χ2n) is 5.91. The fraction of sp³-hybridized carbons (Fsp3) is 0.0500. The van der Waals surface area contributed by atoms with Crippen LogP contribution in [0.1, 0.15) is 15.9 Å². The Labute approximate surface area is 163 Å². The lowest BCUT2D eigenvalue weighted by Crippen LogP contribution is -2.16. The van der Waals surface area contributed by atoms with Crippen LogP contribution >= 0.6 is 11.6 Å². The van der Waals surface area contributed by atoms with Gasteiger partial charge < -0.3 is 5.32 Å². The zero-order valence-electron chi connectivity index (χ0n) is 14.4. The van der Waals surface area contributed by atoms with Crippen LogP contribution in [0, 0.1) is 6.92 Å². The average Bonchev–Trinajstić information content (AvgIpc) is 2.65. The standard InChI is InChI=1S/C20H17ClN2O3S/c1-14-5-2-3-8-19(14)23-27(25,26)18-7-4-6-15(13-18)20(24)22-17-11-9-16(21)10-12-17/h2-13,23H,1H3,(H,22,24). The van der Waals surface area contributed by atoms with Crippen LogP contribution in [0.3, 0.4) is 0 Å². The quantitative estimate of drug-likeness (QED) is 0.651. The molecule has 0 unspecified atom stereocenters. The minimum Gasteiger partial charge on any atom is -0.322 e. The summed E-state index contributed by atoms with van der Waals surface area (Å²) in [5.74, 6) is -0.412. The molecular formula is C20H17ClN2O3S. The van der Waals surface area contributed by atoms with Gasteiger partial charge in [0.15, 0.2) is 0 Å². The van der Waals surface area contributed by atoms with Crippen molar-refractivity contribution in [1.29, 1.82) is 0 Å². The topological polar surface area (TPSA) is 75.3 Å². The molecule has 5 nitrogen and oxygen atoms in total. The molecule has 0 saturated carbocycles. The Morgan fingerprint density at radius 3 is 2.33 bits per heavy atom. The van der Waals surface area contributed by atoms with Crippen LogP contribution in [0.15, 0.2) is 77.7 Å². The molecule has 2 N–H and O–H groups in total. The molecule has 3 aromatic carbocycles. The maximum Gasteiger partial charge on any atom is 0.261 e. The van der Waals surface area contributed by atoms with Gasteiger partial charge in [0, 0.05) is 16.3 Å². The monoisotopic (exact) mass is 400 g/mol. The van der Waals surface area contributed by atoms with E-state index in [0.29, 0.717) is 16.4 Å². The van der Waals surface area contributed by atoms with Crippen LogP contribution in [0.4, 0.5) is 11.4 Å². The molecule has 3 aromatic rings. The Morgan fingerprint density at radius 1 is 0.926 bits per heavy atom. The van der Waals surface area contributed by atoms with E-state index in [2.05, 4.69) is 10.0 Å². The largest absolute Gasteiger partial charge is 0.322 e. The molecule has 0 fully saturated rings. The van der Waals surface area contributed by atoms with Crippen LogP contribution in [0.5, 0.6) is 0 Å². The van der Waals surface area contributed by atoms with Crippen LogP contribution in [-0.4, -0.2) is 14.3 Å². The number of carbonyl (C=O) groups is 1. The third kappa shape index (κ3) is 4.67. The Balaban J connectivity index is 1.83. The molecule has 0 radical (unpaired) electrons. The molecule has 1 amide bonds. The Kier molecular flexibility index (Phi) is 5.48. The predicted molar refractivity (Wildman–Crippen MR) is 108 cm³/mol. The normalized spacial score (nSPS) is 11.0. The van der Waals surface area contributed by atoms with Gasteiger partial charge in [-0.25, -0.2) is 8.42 Å². The molecule has 0 heterocycles. The summed E-state index contributed by atoms with van der Waals surface area (Å²) >= 11 is 5.83. The third-order valence-corrected chi connectivity index (χ3v) is 5.51. The predicted octanol–water partition coefficient (Wildman–Crippen LogP) is 4.70. The number of aryl methyl sites for hydroxylation is 1. The highest BCUT2D eigenvalue weighted by atomic mass is 35.5. The van der Waals surface area contributed by atoms with Crippen molar-refractivity contribution in [3.63, 3.8) is 0 Å².